The van der Waals surface area contributed by atoms with Crippen molar-refractivity contribution in [1.82, 2.24) is 0 Å². The molecular formula is C46H78N6O10. The lowest BCUT2D eigenvalue weighted by molar-refractivity contribution is 0.0154. The number of nitrogens with two attached hydrogens (primary N) is 2. The highest BCUT2D eigenvalue weighted by Gasteiger charge is 2.09. The molecule has 2 rings (SSSR count). The van der Waals surface area contributed by atoms with Gasteiger partial charge < -0.3 is 68.6 Å². The number of anilines is 2. The van der Waals surface area contributed by atoms with Gasteiger partial charge in [-0.25, -0.2) is 0 Å². The van der Waals surface area contributed by atoms with Gasteiger partial charge >= 0.3 is 0 Å². The van der Waals surface area contributed by atoms with Crippen LogP contribution in [0, 0.1) is 36.5 Å². The topological polar surface area (TPSA) is 198 Å². The molecule has 0 bridgehead atoms. The van der Waals surface area contributed by atoms with Crippen molar-refractivity contribution >= 4 is 11.4 Å². The smallest absolute Gasteiger partial charge is 0.0701 e. The molecule has 0 unspecified atom stereocenters. The first kappa shape index (κ1) is 56.6. The first-order valence-corrected chi connectivity index (χ1v) is 22.1. The summed E-state index contributed by atoms with van der Waals surface area (Å²) in [7, 11) is 0. The Balaban J connectivity index is 0.000000620. The van der Waals surface area contributed by atoms with Crippen LogP contribution in [-0.2, 0) is 47.4 Å². The summed E-state index contributed by atoms with van der Waals surface area (Å²) in [4.78, 5) is 4.53. The number of hydrogen-bond donors (Lipinski definition) is 2. The Morgan fingerprint density at radius 1 is 0.403 bits per heavy atom. The molecule has 0 saturated carbocycles. The molecular weight excluding hydrogens is 797 g/mol. The third-order valence-electron chi connectivity index (χ3n) is 8.69. The molecule has 0 saturated heterocycles. The fraction of sp³-hybridized carbons (Fsp3) is 0.696. The summed E-state index contributed by atoms with van der Waals surface area (Å²) >= 11 is 0. The molecule has 16 heteroatoms. The van der Waals surface area contributed by atoms with E-state index in [1.54, 1.807) is 0 Å². The van der Waals surface area contributed by atoms with E-state index in [2.05, 4.69) is 72.2 Å². The second-order valence-electron chi connectivity index (χ2n) is 13.9. The summed E-state index contributed by atoms with van der Waals surface area (Å²) in [5.74, 6) is 0. The summed E-state index contributed by atoms with van der Waals surface area (Å²) in [6.07, 6.45) is 2.58. The van der Waals surface area contributed by atoms with Crippen LogP contribution in [0.15, 0.2) is 48.5 Å². The van der Waals surface area contributed by atoms with Gasteiger partial charge in [0.1, 0.15) is 0 Å². The number of rotatable bonds is 42. The minimum absolute atomic E-state index is 0.404. The van der Waals surface area contributed by atoms with Gasteiger partial charge in [-0.3, -0.25) is 0 Å². The maximum atomic E-state index is 8.48. The standard InChI is InChI=1S/C23H43N3O5.C23H35N3O5/c2*1-22-5-2-6-23(21-22)26(9-13-29-17-15-27-11-3-7-24)10-14-30-18-20-31-19-16-28-12-4-8-25/h2,5-6,21H,3-4,7-20,24-25H2,1H3;2,5-6,21H,3-4,9-20H2,1H3. The van der Waals surface area contributed by atoms with E-state index in [-0.39, 0.29) is 0 Å². The van der Waals surface area contributed by atoms with Crippen LogP contribution < -0.4 is 21.3 Å². The van der Waals surface area contributed by atoms with E-state index in [0.717, 1.165) is 44.7 Å². The summed E-state index contributed by atoms with van der Waals surface area (Å²) in [6, 6.07) is 20.9. The van der Waals surface area contributed by atoms with Crippen LogP contribution in [0.3, 0.4) is 0 Å². The summed E-state index contributed by atoms with van der Waals surface area (Å²) in [5, 5.41) is 16.9. The second kappa shape index (κ2) is 44.2. The van der Waals surface area contributed by atoms with Crippen LogP contribution in [0.2, 0.25) is 0 Å². The Hall–Kier alpha value is -3.46. The average Bonchev–Trinajstić information content (AvgIpc) is 3.28. The van der Waals surface area contributed by atoms with E-state index in [0.29, 0.717) is 158 Å². The minimum atomic E-state index is 0.404. The quantitative estimate of drug-likeness (QED) is 0.0895. The highest BCUT2D eigenvalue weighted by Crippen LogP contribution is 2.16. The lowest BCUT2D eigenvalue weighted by atomic mass is 10.2. The minimum Gasteiger partial charge on any atom is -0.379 e. The molecule has 2 aromatic carbocycles. The fourth-order valence-electron chi connectivity index (χ4n) is 5.42. The van der Waals surface area contributed by atoms with Gasteiger partial charge in [0.05, 0.1) is 144 Å². The van der Waals surface area contributed by atoms with Crippen molar-refractivity contribution in [2.75, 3.05) is 181 Å². The molecule has 352 valence electrons. The molecule has 0 aliphatic heterocycles. The van der Waals surface area contributed by atoms with Crippen molar-refractivity contribution in [2.24, 2.45) is 11.5 Å². The van der Waals surface area contributed by atoms with Crippen LogP contribution >= 0.6 is 0 Å². The molecule has 0 radical (unpaired) electrons. The predicted octanol–water partition coefficient (Wildman–Crippen LogP) is 4.29. The number of nitrogens with zero attached hydrogens (tertiary/aromatic N) is 4. The maximum absolute atomic E-state index is 8.48. The molecule has 2 aromatic rings. The normalized spacial score (nSPS) is 10.9. The molecule has 16 nitrogen and oxygen atoms in total. The van der Waals surface area contributed by atoms with Crippen LogP contribution in [0.5, 0.6) is 0 Å². The van der Waals surface area contributed by atoms with Crippen LogP contribution in [0.1, 0.15) is 36.8 Å². The van der Waals surface area contributed by atoms with Gasteiger partial charge in [0, 0.05) is 50.8 Å². The Morgan fingerprint density at radius 3 is 0.952 bits per heavy atom. The van der Waals surface area contributed by atoms with Gasteiger partial charge in [0.15, 0.2) is 0 Å². The van der Waals surface area contributed by atoms with Crippen molar-refractivity contribution in [3.05, 3.63) is 59.7 Å². The molecule has 62 heavy (non-hydrogen) atoms. The largest absolute Gasteiger partial charge is 0.379 e. The van der Waals surface area contributed by atoms with Gasteiger partial charge in [-0.1, -0.05) is 24.3 Å². The van der Waals surface area contributed by atoms with Crippen molar-refractivity contribution < 1.29 is 47.4 Å². The van der Waals surface area contributed by atoms with E-state index < -0.39 is 0 Å². The van der Waals surface area contributed by atoms with Gasteiger partial charge in [-0.15, -0.1) is 0 Å². The number of nitriles is 2. The van der Waals surface area contributed by atoms with Crippen LogP contribution in [-0.4, -0.2) is 171 Å². The van der Waals surface area contributed by atoms with Crippen molar-refractivity contribution in [3.63, 3.8) is 0 Å². The summed E-state index contributed by atoms with van der Waals surface area (Å²) in [6.45, 7) is 19.9. The van der Waals surface area contributed by atoms with Crippen LogP contribution in [0.4, 0.5) is 11.4 Å². The Morgan fingerprint density at radius 2 is 0.677 bits per heavy atom. The number of benzene rings is 2. The van der Waals surface area contributed by atoms with E-state index in [1.807, 2.05) is 12.1 Å². The second-order valence-corrected chi connectivity index (χ2v) is 13.9. The van der Waals surface area contributed by atoms with Crippen molar-refractivity contribution in [2.45, 2.75) is 39.5 Å². The molecule has 4 N–H and O–H groups in total. The van der Waals surface area contributed by atoms with E-state index in [9.17, 15) is 0 Å². The molecule has 0 amide bonds. The number of ether oxygens (including phenoxy) is 10. The molecule has 0 spiro atoms. The fourth-order valence-corrected chi connectivity index (χ4v) is 5.42. The zero-order valence-corrected chi connectivity index (χ0v) is 37.9. The number of aryl methyl sites for hydroxylation is 2. The highest BCUT2D eigenvalue weighted by molar-refractivity contribution is 5.49. The van der Waals surface area contributed by atoms with Crippen molar-refractivity contribution in [3.8, 4) is 12.1 Å². The molecule has 0 aliphatic carbocycles. The lowest BCUT2D eigenvalue weighted by Gasteiger charge is -2.25. The third kappa shape index (κ3) is 35.1. The Kier molecular flexibility index (Phi) is 40.3. The zero-order chi connectivity index (χ0) is 44.8. The Labute approximate surface area is 372 Å². The molecule has 0 aliphatic rings. The summed E-state index contributed by atoms with van der Waals surface area (Å²) in [5.41, 5.74) is 15.6. The molecule has 0 fully saturated rings. The van der Waals surface area contributed by atoms with Gasteiger partial charge in [-0.05, 0) is 75.2 Å². The first-order valence-electron chi connectivity index (χ1n) is 22.1. The average molecular weight is 875 g/mol. The molecule has 0 aromatic heterocycles. The zero-order valence-electron chi connectivity index (χ0n) is 37.9. The Bertz CT molecular complexity index is 1370. The lowest BCUT2D eigenvalue weighted by Crippen LogP contribution is -2.31. The SMILES string of the molecule is Cc1cccc(N(CCOCCOCCC#N)CCOCCOCCOCCC#N)c1.Cc1cccc(N(CCOCCOCCCN)CCOCCOCCOCCCN)c1. The third-order valence-corrected chi connectivity index (χ3v) is 8.69. The van der Waals surface area contributed by atoms with Gasteiger partial charge in [-0.2, -0.15) is 10.5 Å². The monoisotopic (exact) mass is 875 g/mol. The van der Waals surface area contributed by atoms with E-state index in [1.165, 1.54) is 16.8 Å². The highest BCUT2D eigenvalue weighted by atomic mass is 16.6. The summed E-state index contributed by atoms with van der Waals surface area (Å²) < 4.78 is 55.2. The van der Waals surface area contributed by atoms with Crippen LogP contribution in [0.25, 0.3) is 0 Å². The molecule has 0 heterocycles. The maximum Gasteiger partial charge on any atom is 0.0701 e. The predicted molar refractivity (Wildman–Crippen MR) is 243 cm³/mol. The van der Waals surface area contributed by atoms with E-state index >= 15 is 0 Å². The first-order chi connectivity index (χ1) is 30.5. The van der Waals surface area contributed by atoms with Crippen molar-refractivity contribution in [1.29, 1.82) is 10.5 Å². The van der Waals surface area contributed by atoms with Gasteiger partial charge in [0.25, 0.3) is 0 Å². The number of hydrogen-bond acceptors (Lipinski definition) is 16. The van der Waals surface area contributed by atoms with E-state index in [4.69, 9.17) is 69.4 Å². The molecule has 0 atom stereocenters. The van der Waals surface area contributed by atoms with Gasteiger partial charge in [0.2, 0.25) is 0 Å².